The van der Waals surface area contributed by atoms with Crippen molar-refractivity contribution in [3.05, 3.63) is 59.7 Å². The highest BCUT2D eigenvalue weighted by molar-refractivity contribution is 7.84. The number of hydrogen-bond acceptors (Lipinski definition) is 6. The van der Waals surface area contributed by atoms with E-state index < -0.39 is 40.0 Å². The van der Waals surface area contributed by atoms with Crippen LogP contribution in [0.15, 0.2) is 48.5 Å². The molecule has 194 valence electrons. The molecule has 2 unspecified atom stereocenters. The molecule has 1 aliphatic heterocycles. The minimum absolute atomic E-state index is 0.0395. The summed E-state index contributed by atoms with van der Waals surface area (Å²) >= 11 is 0. The first-order chi connectivity index (χ1) is 17.0. The van der Waals surface area contributed by atoms with Gasteiger partial charge in [-0.25, -0.2) is 9.59 Å². The number of alkyl carbamates (subject to hydrolysis) is 1. The highest BCUT2D eigenvalue weighted by Crippen LogP contribution is 2.44. The van der Waals surface area contributed by atoms with Crippen LogP contribution in [0, 0.1) is 5.41 Å². The van der Waals surface area contributed by atoms with E-state index >= 15 is 0 Å². The van der Waals surface area contributed by atoms with E-state index in [9.17, 15) is 23.1 Å². The SMILES string of the molecule is CC(C)(C)C1C(NS(=O)(=O)OCCNC(=O)OCC2c3ccccc3-c3ccccc32)CN1C(=O)O. The van der Waals surface area contributed by atoms with Gasteiger partial charge in [-0.05, 0) is 27.7 Å². The van der Waals surface area contributed by atoms with Crippen molar-refractivity contribution in [2.24, 2.45) is 5.41 Å². The zero-order valence-corrected chi connectivity index (χ0v) is 21.2. The lowest BCUT2D eigenvalue weighted by atomic mass is 9.76. The summed E-state index contributed by atoms with van der Waals surface area (Å²) in [6, 6.07) is 14.9. The second-order valence-corrected chi connectivity index (χ2v) is 11.4. The smallest absolute Gasteiger partial charge is 0.407 e. The molecule has 1 saturated heterocycles. The van der Waals surface area contributed by atoms with E-state index in [1.165, 1.54) is 4.90 Å². The number of nitrogens with zero attached hydrogens (tertiary/aromatic N) is 1. The standard InChI is InChI=1S/C25H31N3O7S/c1-25(2,3)22-21(14-28(22)24(30)31)27-36(32,33)35-13-12-26-23(29)34-15-20-18-10-6-4-8-16(18)17-9-5-7-11-19(17)20/h4-11,20-22,27H,12-15H2,1-3H3,(H,26,29)(H,30,31). The Morgan fingerprint density at radius 2 is 1.64 bits per heavy atom. The molecule has 4 rings (SSSR count). The van der Waals surface area contributed by atoms with Gasteiger partial charge in [-0.1, -0.05) is 69.3 Å². The van der Waals surface area contributed by atoms with Crippen molar-refractivity contribution in [3.8, 4) is 11.1 Å². The quantitative estimate of drug-likeness (QED) is 0.458. The van der Waals surface area contributed by atoms with Crippen LogP contribution >= 0.6 is 0 Å². The van der Waals surface area contributed by atoms with Crippen LogP contribution < -0.4 is 10.0 Å². The number of hydrogen-bond donors (Lipinski definition) is 3. The third kappa shape index (κ3) is 5.48. The summed E-state index contributed by atoms with van der Waals surface area (Å²) in [5, 5.41) is 11.8. The van der Waals surface area contributed by atoms with Gasteiger partial charge in [0, 0.05) is 19.0 Å². The lowest BCUT2D eigenvalue weighted by Crippen LogP contribution is -2.71. The largest absolute Gasteiger partial charge is 0.465 e. The van der Waals surface area contributed by atoms with Crippen LogP contribution in [0.4, 0.5) is 9.59 Å². The second-order valence-electron chi connectivity index (χ2n) is 10.00. The second kappa shape index (κ2) is 10.1. The summed E-state index contributed by atoms with van der Waals surface area (Å²) in [6.45, 7) is 5.34. The van der Waals surface area contributed by atoms with Crippen LogP contribution in [-0.4, -0.2) is 69.0 Å². The highest BCUT2D eigenvalue weighted by Gasteiger charge is 2.49. The average Bonchev–Trinajstić information content (AvgIpc) is 3.10. The van der Waals surface area contributed by atoms with Crippen LogP contribution in [0.25, 0.3) is 11.1 Å². The van der Waals surface area contributed by atoms with Gasteiger partial charge in [0.05, 0.1) is 18.7 Å². The molecular formula is C25H31N3O7S. The van der Waals surface area contributed by atoms with Crippen molar-refractivity contribution in [1.82, 2.24) is 14.9 Å². The summed E-state index contributed by atoms with van der Waals surface area (Å²) in [5.41, 5.74) is 3.98. The van der Waals surface area contributed by atoms with Crippen molar-refractivity contribution >= 4 is 22.5 Å². The maximum absolute atomic E-state index is 12.3. The lowest BCUT2D eigenvalue weighted by molar-refractivity contribution is -0.00546. The molecule has 0 bridgehead atoms. The van der Waals surface area contributed by atoms with Crippen molar-refractivity contribution in [2.45, 2.75) is 38.8 Å². The fourth-order valence-electron chi connectivity index (χ4n) is 5.05. The molecule has 0 spiro atoms. The molecule has 36 heavy (non-hydrogen) atoms. The zero-order chi connectivity index (χ0) is 26.1. The third-order valence-electron chi connectivity index (χ3n) is 6.49. The zero-order valence-electron chi connectivity index (χ0n) is 20.4. The molecule has 1 fully saturated rings. The number of fused-ring (bicyclic) bond motifs is 3. The topological polar surface area (TPSA) is 134 Å². The Kier molecular flexibility index (Phi) is 7.26. The van der Waals surface area contributed by atoms with Crippen molar-refractivity contribution in [1.29, 1.82) is 0 Å². The molecule has 2 amide bonds. The minimum Gasteiger partial charge on any atom is -0.465 e. The molecule has 2 aliphatic rings. The van der Waals surface area contributed by atoms with Gasteiger partial charge in [-0.3, -0.25) is 4.18 Å². The van der Waals surface area contributed by atoms with Gasteiger partial charge < -0.3 is 20.1 Å². The molecule has 2 aromatic carbocycles. The van der Waals surface area contributed by atoms with Crippen LogP contribution in [-0.2, 0) is 19.2 Å². The summed E-state index contributed by atoms with van der Waals surface area (Å²) in [6.07, 6.45) is -1.77. The third-order valence-corrected chi connectivity index (χ3v) is 7.56. The van der Waals surface area contributed by atoms with Crippen molar-refractivity contribution < 1.29 is 32.0 Å². The van der Waals surface area contributed by atoms with Gasteiger partial charge in [0.25, 0.3) is 0 Å². The Bertz CT molecular complexity index is 1200. The maximum atomic E-state index is 12.3. The Morgan fingerprint density at radius 3 is 2.19 bits per heavy atom. The molecule has 0 saturated carbocycles. The summed E-state index contributed by atoms with van der Waals surface area (Å²) in [4.78, 5) is 24.8. The van der Waals surface area contributed by atoms with E-state index in [1.807, 2.05) is 69.3 Å². The maximum Gasteiger partial charge on any atom is 0.407 e. The number of carbonyl (C=O) groups is 2. The number of amides is 2. The Hall–Kier alpha value is -3.15. The summed E-state index contributed by atoms with van der Waals surface area (Å²) in [5.74, 6) is -0.0763. The molecule has 1 heterocycles. The molecule has 0 aromatic heterocycles. The molecule has 10 nitrogen and oxygen atoms in total. The lowest BCUT2D eigenvalue weighted by Gasteiger charge is -2.52. The predicted molar refractivity (Wildman–Crippen MR) is 133 cm³/mol. The first kappa shape index (κ1) is 25.9. The summed E-state index contributed by atoms with van der Waals surface area (Å²) < 4.78 is 37.4. The molecule has 1 aliphatic carbocycles. The van der Waals surface area contributed by atoms with Gasteiger partial charge in [-0.2, -0.15) is 13.1 Å². The molecule has 2 atom stereocenters. The van der Waals surface area contributed by atoms with E-state index in [0.29, 0.717) is 0 Å². The van der Waals surface area contributed by atoms with E-state index in [0.717, 1.165) is 22.3 Å². The number of ether oxygens (including phenoxy) is 1. The van der Waals surface area contributed by atoms with Gasteiger partial charge in [-0.15, -0.1) is 0 Å². The highest BCUT2D eigenvalue weighted by atomic mass is 32.2. The Morgan fingerprint density at radius 1 is 1.06 bits per heavy atom. The number of carbonyl (C=O) groups excluding carboxylic acids is 1. The van der Waals surface area contributed by atoms with E-state index in [1.54, 1.807) is 0 Å². The van der Waals surface area contributed by atoms with Gasteiger partial charge >= 0.3 is 22.5 Å². The monoisotopic (exact) mass is 517 g/mol. The Labute approximate surface area is 210 Å². The van der Waals surface area contributed by atoms with Gasteiger partial charge in [0.2, 0.25) is 0 Å². The van der Waals surface area contributed by atoms with E-state index in [-0.39, 0.29) is 32.2 Å². The van der Waals surface area contributed by atoms with Crippen molar-refractivity contribution in [3.63, 3.8) is 0 Å². The molecule has 11 heteroatoms. The fourth-order valence-corrected chi connectivity index (χ4v) is 5.99. The number of carboxylic acid groups (broad SMARTS) is 1. The molecule has 2 aromatic rings. The average molecular weight is 518 g/mol. The van der Waals surface area contributed by atoms with E-state index in [4.69, 9.17) is 8.92 Å². The number of benzene rings is 2. The number of rotatable bonds is 8. The van der Waals surface area contributed by atoms with Crippen LogP contribution in [0.2, 0.25) is 0 Å². The first-order valence-electron chi connectivity index (χ1n) is 11.7. The molecule has 3 N–H and O–H groups in total. The van der Waals surface area contributed by atoms with E-state index in [2.05, 4.69) is 10.0 Å². The van der Waals surface area contributed by atoms with Crippen LogP contribution in [0.5, 0.6) is 0 Å². The van der Waals surface area contributed by atoms with Gasteiger partial charge in [0.15, 0.2) is 0 Å². The first-order valence-corrected chi connectivity index (χ1v) is 13.1. The van der Waals surface area contributed by atoms with Gasteiger partial charge in [0.1, 0.15) is 6.61 Å². The normalized spacial score (nSPS) is 19.2. The van der Waals surface area contributed by atoms with Crippen LogP contribution in [0.3, 0.4) is 0 Å². The van der Waals surface area contributed by atoms with Crippen LogP contribution in [0.1, 0.15) is 37.8 Å². The Balaban J connectivity index is 1.23. The number of likely N-dealkylation sites (tertiary alicyclic amines) is 1. The fraction of sp³-hybridized carbons (Fsp3) is 0.440. The molecule has 0 radical (unpaired) electrons. The summed E-state index contributed by atoms with van der Waals surface area (Å²) in [7, 11) is -4.14. The number of nitrogens with one attached hydrogen (secondary N) is 2. The molecular weight excluding hydrogens is 486 g/mol. The minimum atomic E-state index is -4.14. The van der Waals surface area contributed by atoms with Crippen molar-refractivity contribution in [2.75, 3.05) is 26.3 Å². The predicted octanol–water partition coefficient (Wildman–Crippen LogP) is 3.15.